The van der Waals surface area contributed by atoms with E-state index < -0.39 is 0 Å². The number of hydrogen-bond donors (Lipinski definition) is 0. The van der Waals surface area contributed by atoms with Gasteiger partial charge in [0.15, 0.2) is 0 Å². The Hall–Kier alpha value is -1.76. The highest BCUT2D eigenvalue weighted by Crippen LogP contribution is 2.31. The molecular formula is C21H30O. The molecule has 1 heteroatoms. The molecule has 0 atom stereocenters. The lowest BCUT2D eigenvalue weighted by atomic mass is 10.0. The molecule has 1 nitrogen and oxygen atoms in total. The van der Waals surface area contributed by atoms with Crippen LogP contribution in [-0.4, -0.2) is 0 Å². The molecular weight excluding hydrogens is 268 g/mol. The number of benzene rings is 2. The van der Waals surface area contributed by atoms with Crippen molar-refractivity contribution in [3.8, 4) is 0 Å². The second-order valence-corrected chi connectivity index (χ2v) is 5.43. The Morgan fingerprint density at radius 2 is 1.32 bits per heavy atom. The van der Waals surface area contributed by atoms with Gasteiger partial charge in [-0.25, -0.2) is 0 Å². The van der Waals surface area contributed by atoms with Crippen molar-refractivity contribution in [3.63, 3.8) is 0 Å². The lowest BCUT2D eigenvalue weighted by molar-refractivity contribution is 0.667. The molecule has 2 aromatic carbocycles. The highest BCUT2D eigenvalue weighted by Gasteiger charge is 2.08. The molecule has 0 unspecified atom stereocenters. The van der Waals surface area contributed by atoms with Crippen LogP contribution in [0.4, 0.5) is 0 Å². The van der Waals surface area contributed by atoms with Crippen molar-refractivity contribution in [2.24, 2.45) is 0 Å². The van der Waals surface area contributed by atoms with Crippen LogP contribution in [0.3, 0.4) is 0 Å². The Bertz CT molecular complexity index is 719. The predicted molar refractivity (Wildman–Crippen MR) is 99.9 cm³/mol. The number of fused-ring (bicyclic) bond motifs is 3. The summed E-state index contributed by atoms with van der Waals surface area (Å²) in [5, 5.41) is 2.45. The van der Waals surface area contributed by atoms with Gasteiger partial charge in [0.1, 0.15) is 11.2 Å². The average molecular weight is 298 g/mol. The molecule has 120 valence electrons. The van der Waals surface area contributed by atoms with E-state index in [0.717, 1.165) is 17.6 Å². The largest absolute Gasteiger partial charge is 0.456 e. The van der Waals surface area contributed by atoms with Crippen LogP contribution < -0.4 is 0 Å². The Morgan fingerprint density at radius 1 is 0.773 bits per heavy atom. The van der Waals surface area contributed by atoms with E-state index in [4.69, 9.17) is 4.42 Å². The van der Waals surface area contributed by atoms with Crippen LogP contribution >= 0.6 is 0 Å². The van der Waals surface area contributed by atoms with Crippen LogP contribution in [0.1, 0.15) is 57.7 Å². The number of furan rings is 1. The maximum Gasteiger partial charge on any atom is 0.135 e. The molecule has 0 radical (unpaired) electrons. The molecule has 22 heavy (non-hydrogen) atoms. The van der Waals surface area contributed by atoms with Gasteiger partial charge >= 0.3 is 0 Å². The van der Waals surface area contributed by atoms with Gasteiger partial charge in [-0.15, -0.1) is 0 Å². The summed E-state index contributed by atoms with van der Waals surface area (Å²) in [7, 11) is 0. The fourth-order valence-corrected chi connectivity index (χ4v) is 2.30. The van der Waals surface area contributed by atoms with Crippen LogP contribution in [0.5, 0.6) is 0 Å². The lowest BCUT2D eigenvalue weighted by Gasteiger charge is -1.98. The SMILES string of the molecule is CC.CCC.CCc1ccc2c(c1)oc1cc(C)c(C)cc12. The zero-order valence-electron chi connectivity index (χ0n) is 15.2. The quantitative estimate of drug-likeness (QED) is 0.462. The Balaban J connectivity index is 0.000000435. The predicted octanol–water partition coefficient (Wildman–Crippen LogP) is 7.21. The maximum atomic E-state index is 5.93. The molecule has 0 amide bonds. The van der Waals surface area contributed by atoms with Crippen LogP contribution in [0.2, 0.25) is 0 Å². The van der Waals surface area contributed by atoms with Crippen LogP contribution in [-0.2, 0) is 6.42 Å². The Morgan fingerprint density at radius 3 is 1.91 bits per heavy atom. The first-order valence-electron chi connectivity index (χ1n) is 8.53. The summed E-state index contributed by atoms with van der Waals surface area (Å²) in [6.45, 7) is 14.7. The average Bonchev–Trinajstić information content (AvgIpc) is 2.87. The van der Waals surface area contributed by atoms with Crippen LogP contribution in [0, 0.1) is 13.8 Å². The van der Waals surface area contributed by atoms with Crippen molar-refractivity contribution >= 4 is 21.9 Å². The fraction of sp³-hybridized carbons (Fsp3) is 0.429. The summed E-state index contributed by atoms with van der Waals surface area (Å²) < 4.78 is 5.93. The zero-order valence-corrected chi connectivity index (χ0v) is 15.2. The highest BCUT2D eigenvalue weighted by atomic mass is 16.3. The van der Waals surface area contributed by atoms with Gasteiger partial charge in [0.25, 0.3) is 0 Å². The second kappa shape index (κ2) is 8.63. The normalized spacial score (nSPS) is 9.95. The minimum absolute atomic E-state index is 0.997. The first-order chi connectivity index (χ1) is 10.6. The third-order valence-electron chi connectivity index (χ3n) is 3.56. The molecule has 0 aliphatic carbocycles. The molecule has 0 saturated carbocycles. The Labute approximate surface area is 135 Å². The summed E-state index contributed by atoms with van der Waals surface area (Å²) in [6.07, 6.45) is 2.30. The number of hydrogen-bond acceptors (Lipinski definition) is 1. The molecule has 0 N–H and O–H groups in total. The van der Waals surface area contributed by atoms with E-state index in [-0.39, 0.29) is 0 Å². The first-order valence-corrected chi connectivity index (χ1v) is 8.53. The monoisotopic (exact) mass is 298 g/mol. The van der Waals surface area contributed by atoms with Crippen LogP contribution in [0.25, 0.3) is 21.9 Å². The van der Waals surface area contributed by atoms with Gasteiger partial charge in [0, 0.05) is 10.8 Å². The van der Waals surface area contributed by atoms with Gasteiger partial charge in [-0.2, -0.15) is 0 Å². The topological polar surface area (TPSA) is 13.1 Å². The van der Waals surface area contributed by atoms with Crippen molar-refractivity contribution in [2.45, 2.75) is 61.3 Å². The molecule has 0 aliphatic rings. The van der Waals surface area contributed by atoms with Gasteiger partial charge in [0.2, 0.25) is 0 Å². The van der Waals surface area contributed by atoms with E-state index in [9.17, 15) is 0 Å². The van der Waals surface area contributed by atoms with E-state index in [0.29, 0.717) is 0 Å². The molecule has 1 aromatic heterocycles. The van der Waals surface area contributed by atoms with E-state index in [1.807, 2.05) is 13.8 Å². The van der Waals surface area contributed by atoms with Crippen molar-refractivity contribution < 1.29 is 4.42 Å². The van der Waals surface area contributed by atoms with Crippen LogP contribution in [0.15, 0.2) is 34.7 Å². The standard InChI is InChI=1S/C16H16O.C3H8.C2H6/c1-4-12-5-6-13-14-7-10(2)11(3)8-15(14)17-16(13)9-12;1-3-2;1-2/h5-9H,4H2,1-3H3;3H2,1-2H3;1-2H3. The van der Waals surface area contributed by atoms with Crippen molar-refractivity contribution in [2.75, 3.05) is 0 Å². The van der Waals surface area contributed by atoms with Gasteiger partial charge in [-0.1, -0.05) is 53.2 Å². The van der Waals surface area contributed by atoms with Gasteiger partial charge < -0.3 is 4.42 Å². The van der Waals surface area contributed by atoms with E-state index in [1.54, 1.807) is 0 Å². The molecule has 0 bridgehead atoms. The molecule has 1 heterocycles. The molecule has 3 aromatic rings. The molecule has 3 rings (SSSR count). The minimum Gasteiger partial charge on any atom is -0.456 e. The summed E-state index contributed by atoms with van der Waals surface area (Å²) >= 11 is 0. The summed E-state index contributed by atoms with van der Waals surface area (Å²) in [6, 6.07) is 10.9. The third kappa shape index (κ3) is 3.91. The smallest absolute Gasteiger partial charge is 0.135 e. The highest BCUT2D eigenvalue weighted by molar-refractivity contribution is 6.05. The molecule has 0 fully saturated rings. The fourth-order valence-electron chi connectivity index (χ4n) is 2.30. The number of aryl methyl sites for hydroxylation is 3. The van der Waals surface area contributed by atoms with Gasteiger partial charge in [0.05, 0.1) is 0 Å². The second-order valence-electron chi connectivity index (χ2n) is 5.43. The zero-order chi connectivity index (χ0) is 16.7. The lowest BCUT2D eigenvalue weighted by Crippen LogP contribution is -1.79. The van der Waals surface area contributed by atoms with Gasteiger partial charge in [-0.05, 0) is 55.2 Å². The van der Waals surface area contributed by atoms with Crippen molar-refractivity contribution in [1.82, 2.24) is 0 Å². The van der Waals surface area contributed by atoms with Gasteiger partial charge in [-0.3, -0.25) is 0 Å². The summed E-state index contributed by atoms with van der Waals surface area (Å²) in [4.78, 5) is 0. The number of rotatable bonds is 1. The third-order valence-corrected chi connectivity index (χ3v) is 3.56. The van der Waals surface area contributed by atoms with Crippen molar-refractivity contribution in [3.05, 3.63) is 47.0 Å². The summed E-state index contributed by atoms with van der Waals surface area (Å²) in [5.41, 5.74) is 5.93. The minimum atomic E-state index is 0.997. The van der Waals surface area contributed by atoms with Crippen molar-refractivity contribution in [1.29, 1.82) is 0 Å². The van der Waals surface area contributed by atoms with E-state index in [2.05, 4.69) is 65.0 Å². The first kappa shape index (κ1) is 18.3. The summed E-state index contributed by atoms with van der Waals surface area (Å²) in [5.74, 6) is 0. The molecule has 0 spiro atoms. The Kier molecular flexibility index (Phi) is 7.17. The van der Waals surface area contributed by atoms with E-state index >= 15 is 0 Å². The van der Waals surface area contributed by atoms with E-state index in [1.165, 1.54) is 33.9 Å². The molecule has 0 aliphatic heterocycles. The molecule has 0 saturated heterocycles. The maximum absolute atomic E-state index is 5.93.